The van der Waals surface area contributed by atoms with Crippen LogP contribution in [0.2, 0.25) is 0 Å². The Morgan fingerprint density at radius 2 is 2.03 bits per heavy atom. The smallest absolute Gasteiger partial charge is 0.262 e. The highest BCUT2D eigenvalue weighted by Gasteiger charge is 2.34. The number of amides is 2. The molecular weight excluding hydrogens is 434 g/mol. The Morgan fingerprint density at radius 3 is 2.79 bits per heavy atom. The van der Waals surface area contributed by atoms with Crippen molar-refractivity contribution >= 4 is 23.1 Å². The van der Waals surface area contributed by atoms with Crippen molar-refractivity contribution in [2.24, 2.45) is 5.92 Å². The number of fused-ring (bicyclic) bond motifs is 1. The fourth-order valence-electron chi connectivity index (χ4n) is 4.09. The Balaban J connectivity index is 1.16. The molecule has 0 spiro atoms. The van der Waals surface area contributed by atoms with E-state index in [4.69, 9.17) is 14.2 Å². The number of hydrogen-bond donors (Lipinski definition) is 1. The lowest BCUT2D eigenvalue weighted by Gasteiger charge is -2.39. The number of rotatable bonds is 5. The molecular formula is C24H22F2N2O5. The third-order valence-corrected chi connectivity index (χ3v) is 5.92. The molecule has 0 radical (unpaired) electrons. The van der Waals surface area contributed by atoms with E-state index in [0.29, 0.717) is 26.3 Å². The van der Waals surface area contributed by atoms with Crippen molar-refractivity contribution in [3.8, 4) is 11.5 Å². The summed E-state index contributed by atoms with van der Waals surface area (Å²) in [5, 5.41) is 2.57. The first-order valence-electron chi connectivity index (χ1n) is 10.7. The molecule has 1 fully saturated rings. The van der Waals surface area contributed by atoms with Gasteiger partial charge in [-0.05, 0) is 35.8 Å². The second-order valence-electron chi connectivity index (χ2n) is 8.25. The average molecular weight is 456 g/mol. The molecule has 0 unspecified atom stereocenters. The van der Waals surface area contributed by atoms with Crippen molar-refractivity contribution in [2.75, 3.05) is 44.8 Å². The summed E-state index contributed by atoms with van der Waals surface area (Å²) >= 11 is 0. The van der Waals surface area contributed by atoms with Crippen LogP contribution in [0.15, 0.2) is 36.4 Å². The van der Waals surface area contributed by atoms with Gasteiger partial charge >= 0.3 is 0 Å². The van der Waals surface area contributed by atoms with Gasteiger partial charge in [-0.2, -0.15) is 0 Å². The molecule has 0 aliphatic carbocycles. The maximum absolute atomic E-state index is 14.5. The van der Waals surface area contributed by atoms with Crippen molar-refractivity contribution in [1.29, 1.82) is 0 Å². The first-order chi connectivity index (χ1) is 16.0. The number of likely N-dealkylation sites (tertiary alicyclic amines) is 1. The van der Waals surface area contributed by atoms with Gasteiger partial charge in [0, 0.05) is 25.1 Å². The van der Waals surface area contributed by atoms with Gasteiger partial charge in [0.25, 0.3) is 11.8 Å². The fraction of sp³-hybridized carbons (Fsp3) is 0.333. The number of halogens is 2. The molecule has 2 aromatic carbocycles. The van der Waals surface area contributed by atoms with Crippen LogP contribution in [0.5, 0.6) is 11.5 Å². The van der Waals surface area contributed by atoms with Crippen LogP contribution in [-0.2, 0) is 9.53 Å². The zero-order valence-corrected chi connectivity index (χ0v) is 17.7. The third kappa shape index (κ3) is 4.41. The van der Waals surface area contributed by atoms with Crippen LogP contribution >= 0.6 is 0 Å². The molecule has 3 aliphatic rings. The van der Waals surface area contributed by atoms with Crippen LogP contribution < -0.4 is 14.8 Å². The molecule has 7 nitrogen and oxygen atoms in total. The highest BCUT2D eigenvalue weighted by atomic mass is 19.1. The summed E-state index contributed by atoms with van der Waals surface area (Å²) in [4.78, 5) is 25.7. The van der Waals surface area contributed by atoms with E-state index < -0.39 is 17.5 Å². The van der Waals surface area contributed by atoms with E-state index in [1.54, 1.807) is 6.07 Å². The molecule has 5 rings (SSSR count). The molecule has 2 amide bonds. The zero-order chi connectivity index (χ0) is 22.9. The average Bonchev–Trinajstić information content (AvgIpc) is 2.79. The van der Waals surface area contributed by atoms with E-state index in [9.17, 15) is 18.4 Å². The first-order valence-corrected chi connectivity index (χ1v) is 10.7. The maximum atomic E-state index is 14.5. The Kier molecular flexibility index (Phi) is 5.72. The van der Waals surface area contributed by atoms with Gasteiger partial charge in [0.05, 0.1) is 31.1 Å². The molecule has 2 aromatic rings. The molecule has 0 atom stereocenters. The number of anilines is 1. The number of carbonyl (C=O) groups excluding carboxylic acids is 2. The number of hydrogen-bond acceptors (Lipinski definition) is 5. The normalized spacial score (nSPS) is 17.9. The Labute approximate surface area is 188 Å². The Morgan fingerprint density at radius 1 is 1.18 bits per heavy atom. The second kappa shape index (κ2) is 8.82. The van der Waals surface area contributed by atoms with Crippen molar-refractivity contribution in [1.82, 2.24) is 4.90 Å². The molecule has 0 saturated carbocycles. The van der Waals surface area contributed by atoms with Crippen molar-refractivity contribution in [3.63, 3.8) is 0 Å². The lowest BCUT2D eigenvalue weighted by atomic mass is 9.99. The molecule has 0 bridgehead atoms. The van der Waals surface area contributed by atoms with Gasteiger partial charge in [-0.15, -0.1) is 0 Å². The van der Waals surface area contributed by atoms with Gasteiger partial charge in [0.2, 0.25) is 0 Å². The maximum Gasteiger partial charge on any atom is 0.262 e. The van der Waals surface area contributed by atoms with Gasteiger partial charge < -0.3 is 24.4 Å². The fourth-order valence-corrected chi connectivity index (χ4v) is 4.09. The van der Waals surface area contributed by atoms with Gasteiger partial charge in [0.15, 0.2) is 18.2 Å². The minimum Gasteiger partial charge on any atom is -0.490 e. The largest absolute Gasteiger partial charge is 0.490 e. The predicted molar refractivity (Wildman–Crippen MR) is 115 cm³/mol. The molecule has 9 heteroatoms. The summed E-state index contributed by atoms with van der Waals surface area (Å²) in [5.74, 6) is -1.63. The summed E-state index contributed by atoms with van der Waals surface area (Å²) in [6.45, 7) is 1.94. The quantitative estimate of drug-likeness (QED) is 0.748. The van der Waals surface area contributed by atoms with Gasteiger partial charge in [-0.1, -0.05) is 12.1 Å². The van der Waals surface area contributed by atoms with E-state index in [0.717, 1.165) is 23.6 Å². The topological polar surface area (TPSA) is 77.1 Å². The van der Waals surface area contributed by atoms with Gasteiger partial charge in [-0.25, -0.2) is 8.78 Å². The Hall–Kier alpha value is -3.46. The highest BCUT2D eigenvalue weighted by molar-refractivity contribution is 6.00. The van der Waals surface area contributed by atoms with Crippen LogP contribution in [0, 0.1) is 17.6 Å². The summed E-state index contributed by atoms with van der Waals surface area (Å²) < 4.78 is 45.0. The molecule has 1 saturated heterocycles. The molecule has 1 N–H and O–H groups in total. The predicted octanol–water partition coefficient (Wildman–Crippen LogP) is 3.25. The summed E-state index contributed by atoms with van der Waals surface area (Å²) in [5.41, 5.74) is 2.01. The van der Waals surface area contributed by atoms with E-state index in [-0.39, 0.29) is 47.8 Å². The number of nitrogens with one attached hydrogen (secondary N) is 1. The lowest BCUT2D eigenvalue weighted by Crippen LogP contribution is -2.52. The molecule has 172 valence electrons. The van der Waals surface area contributed by atoms with E-state index >= 15 is 0 Å². The van der Waals surface area contributed by atoms with E-state index in [2.05, 4.69) is 5.32 Å². The van der Waals surface area contributed by atoms with Crippen molar-refractivity contribution in [3.05, 3.63) is 59.2 Å². The zero-order valence-electron chi connectivity index (χ0n) is 17.7. The monoisotopic (exact) mass is 456 g/mol. The standard InChI is InChI=1S/C24H22F2N2O5/c25-18-9-22-20(27-23(29)13-33-22)8-17(18)24(30)28-10-14(11-28)12-32-21-2-1-16(7-19(21)26)15-3-5-31-6-4-15/h1-3,7-9,14H,4-6,10-13H2,(H,27,29). The van der Waals surface area contributed by atoms with Crippen molar-refractivity contribution < 1.29 is 32.6 Å². The minimum atomic E-state index is -0.712. The first kappa shape index (κ1) is 21.4. The number of benzene rings is 2. The van der Waals surface area contributed by atoms with Crippen LogP contribution in [-0.4, -0.2) is 56.2 Å². The highest BCUT2D eigenvalue weighted by Crippen LogP contribution is 2.32. The molecule has 33 heavy (non-hydrogen) atoms. The SMILES string of the molecule is O=C1COc2cc(F)c(C(=O)N3CC(COc4ccc(C5=CCOCC5)cc4F)C3)cc2N1. The molecule has 3 heterocycles. The van der Waals surface area contributed by atoms with Crippen LogP contribution in [0.4, 0.5) is 14.5 Å². The second-order valence-corrected chi connectivity index (χ2v) is 8.25. The van der Waals surface area contributed by atoms with E-state index in [1.165, 1.54) is 17.0 Å². The van der Waals surface area contributed by atoms with Crippen molar-refractivity contribution in [2.45, 2.75) is 6.42 Å². The summed E-state index contributed by atoms with van der Waals surface area (Å²) in [6.07, 6.45) is 2.70. The number of nitrogens with zero attached hydrogens (tertiary/aromatic N) is 1. The van der Waals surface area contributed by atoms with Gasteiger partial charge in [-0.3, -0.25) is 9.59 Å². The van der Waals surface area contributed by atoms with Crippen LogP contribution in [0.25, 0.3) is 5.57 Å². The number of carbonyl (C=O) groups is 2. The van der Waals surface area contributed by atoms with Crippen LogP contribution in [0.3, 0.4) is 0 Å². The molecule has 0 aromatic heterocycles. The summed E-state index contributed by atoms with van der Waals surface area (Å²) in [7, 11) is 0. The third-order valence-electron chi connectivity index (χ3n) is 5.92. The van der Waals surface area contributed by atoms with Gasteiger partial charge in [0.1, 0.15) is 11.6 Å². The summed E-state index contributed by atoms with van der Waals surface area (Å²) in [6, 6.07) is 7.29. The molecule has 3 aliphatic heterocycles. The Bertz CT molecular complexity index is 1140. The van der Waals surface area contributed by atoms with E-state index in [1.807, 2.05) is 12.1 Å². The number of ether oxygens (including phenoxy) is 3. The minimum absolute atomic E-state index is 0.00922. The lowest BCUT2D eigenvalue weighted by molar-refractivity contribution is -0.118. The van der Waals surface area contributed by atoms with Crippen LogP contribution in [0.1, 0.15) is 22.3 Å².